The molecule has 2 saturated heterocycles. The molecule has 1 aliphatic carbocycles. The number of carbonyl (C=O) groups is 1. The molecule has 3 fully saturated rings. The van der Waals surface area contributed by atoms with Crippen molar-refractivity contribution < 1.29 is 9.53 Å². The van der Waals surface area contributed by atoms with Gasteiger partial charge in [-0.05, 0) is 50.2 Å². The second-order valence-corrected chi connectivity index (χ2v) is 10.9. The monoisotopic (exact) mass is 502 g/mol. The van der Waals surface area contributed by atoms with Crippen molar-refractivity contribution in [2.45, 2.75) is 31.2 Å². The highest BCUT2D eigenvalue weighted by Gasteiger charge is 2.40. The molecule has 0 unspecified atom stereocenters. The molecule has 3 aromatic rings. The lowest BCUT2D eigenvalue weighted by Gasteiger charge is -2.45. The lowest BCUT2D eigenvalue weighted by Crippen LogP contribution is -2.59. The second-order valence-electron chi connectivity index (χ2n) is 10.9. The van der Waals surface area contributed by atoms with E-state index in [-0.39, 0.29) is 11.4 Å². The predicted molar refractivity (Wildman–Crippen MR) is 147 cm³/mol. The number of ether oxygens (including phenoxy) is 1. The number of carbonyl (C=O) groups excluding carboxylic acids is 1. The number of amides is 1. The van der Waals surface area contributed by atoms with Crippen molar-refractivity contribution in [3.05, 3.63) is 48.0 Å². The van der Waals surface area contributed by atoms with Crippen LogP contribution in [0.15, 0.2) is 42.5 Å². The number of likely N-dealkylation sites (N-methyl/N-ethyl adjacent to an activating group) is 1. The summed E-state index contributed by atoms with van der Waals surface area (Å²) in [7, 11) is 2.19. The Balaban J connectivity index is 1.18. The second kappa shape index (κ2) is 10.4. The molecular formula is C29H38N6O2. The fourth-order valence-corrected chi connectivity index (χ4v) is 6.29. The maximum Gasteiger partial charge on any atom is 0.251 e. The minimum atomic E-state index is -0.00267. The van der Waals surface area contributed by atoms with Gasteiger partial charge in [0.25, 0.3) is 5.91 Å². The number of fused-ring (bicyclic) bond motifs is 1. The van der Waals surface area contributed by atoms with Crippen LogP contribution >= 0.6 is 0 Å². The highest BCUT2D eigenvalue weighted by Crippen LogP contribution is 2.36. The maximum absolute atomic E-state index is 13.3. The average molecular weight is 503 g/mol. The van der Waals surface area contributed by atoms with Crippen molar-refractivity contribution in [1.82, 2.24) is 25.3 Å². The van der Waals surface area contributed by atoms with E-state index < -0.39 is 0 Å². The Morgan fingerprint density at radius 1 is 1.00 bits per heavy atom. The smallest absolute Gasteiger partial charge is 0.251 e. The van der Waals surface area contributed by atoms with E-state index >= 15 is 0 Å². The summed E-state index contributed by atoms with van der Waals surface area (Å²) < 4.78 is 5.48. The van der Waals surface area contributed by atoms with Crippen LogP contribution in [0.4, 0.5) is 5.69 Å². The Morgan fingerprint density at radius 2 is 1.73 bits per heavy atom. The number of morpholine rings is 1. The van der Waals surface area contributed by atoms with Crippen molar-refractivity contribution in [1.29, 1.82) is 0 Å². The van der Waals surface area contributed by atoms with Gasteiger partial charge >= 0.3 is 0 Å². The first-order valence-corrected chi connectivity index (χ1v) is 13.7. The quantitative estimate of drug-likeness (QED) is 0.538. The van der Waals surface area contributed by atoms with Crippen LogP contribution in [0, 0.1) is 0 Å². The Hall–Kier alpha value is -2.94. The summed E-state index contributed by atoms with van der Waals surface area (Å²) in [5.41, 5.74) is 4.85. The molecule has 1 saturated carbocycles. The lowest BCUT2D eigenvalue weighted by atomic mass is 9.93. The van der Waals surface area contributed by atoms with Gasteiger partial charge in [0.15, 0.2) is 0 Å². The molecule has 0 spiro atoms. The molecule has 196 valence electrons. The van der Waals surface area contributed by atoms with E-state index in [2.05, 4.69) is 61.5 Å². The number of rotatable bonds is 6. The molecule has 8 heteroatoms. The average Bonchev–Trinajstić information content (AvgIpc) is 3.60. The Kier molecular flexibility index (Phi) is 6.88. The van der Waals surface area contributed by atoms with Crippen LogP contribution in [0.5, 0.6) is 0 Å². The summed E-state index contributed by atoms with van der Waals surface area (Å²) in [6.07, 6.45) is 4.83. The Morgan fingerprint density at radius 3 is 2.46 bits per heavy atom. The number of aromatic amines is 1. The van der Waals surface area contributed by atoms with Crippen LogP contribution in [0.1, 0.15) is 36.0 Å². The lowest BCUT2D eigenvalue weighted by molar-refractivity contribution is 0.0414. The molecule has 37 heavy (non-hydrogen) atoms. The van der Waals surface area contributed by atoms with Crippen molar-refractivity contribution >= 4 is 22.5 Å². The molecule has 2 N–H and O–H groups in total. The third-order valence-electron chi connectivity index (χ3n) is 8.63. The topological polar surface area (TPSA) is 76.7 Å². The number of benzene rings is 2. The van der Waals surface area contributed by atoms with Crippen LogP contribution in [-0.2, 0) is 4.74 Å². The summed E-state index contributed by atoms with van der Waals surface area (Å²) in [4.78, 5) is 20.7. The summed E-state index contributed by atoms with van der Waals surface area (Å²) in [6.45, 7) is 8.46. The fourth-order valence-electron chi connectivity index (χ4n) is 6.29. The molecule has 0 radical (unpaired) electrons. The zero-order chi connectivity index (χ0) is 25.2. The van der Waals surface area contributed by atoms with Crippen LogP contribution in [0.3, 0.4) is 0 Å². The number of H-pyrrole nitrogens is 1. The summed E-state index contributed by atoms with van der Waals surface area (Å²) >= 11 is 0. The molecule has 1 aromatic heterocycles. The molecule has 8 nitrogen and oxygen atoms in total. The minimum Gasteiger partial charge on any atom is -0.378 e. The van der Waals surface area contributed by atoms with Gasteiger partial charge in [-0.2, -0.15) is 5.10 Å². The van der Waals surface area contributed by atoms with Crippen LogP contribution in [0.2, 0.25) is 0 Å². The van der Waals surface area contributed by atoms with Gasteiger partial charge in [-0.25, -0.2) is 0 Å². The van der Waals surface area contributed by atoms with E-state index in [0.717, 1.165) is 81.2 Å². The first-order valence-electron chi connectivity index (χ1n) is 13.7. The van der Waals surface area contributed by atoms with Gasteiger partial charge in [0, 0.05) is 73.6 Å². The minimum absolute atomic E-state index is 0.00267. The fraction of sp³-hybridized carbons (Fsp3) is 0.517. The number of anilines is 1. The van der Waals surface area contributed by atoms with Crippen LogP contribution in [0.25, 0.3) is 22.2 Å². The van der Waals surface area contributed by atoms with E-state index in [1.807, 2.05) is 18.2 Å². The van der Waals surface area contributed by atoms with E-state index in [0.29, 0.717) is 5.56 Å². The maximum atomic E-state index is 13.3. The van der Waals surface area contributed by atoms with E-state index in [4.69, 9.17) is 4.74 Å². The van der Waals surface area contributed by atoms with Crippen molar-refractivity contribution in [2.75, 3.05) is 71.0 Å². The first kappa shape index (κ1) is 24.4. The highest BCUT2D eigenvalue weighted by molar-refractivity contribution is 6.01. The zero-order valence-electron chi connectivity index (χ0n) is 21.8. The molecule has 0 bridgehead atoms. The SMILES string of the molecule is CN1CCN(C2(CNC(=O)c3ccc4[nH]nc(-c5ccc(N6CCOCC6)cc5)c4c3)CCCC2)CC1. The van der Waals surface area contributed by atoms with Crippen LogP contribution in [-0.4, -0.2) is 97.5 Å². The Bertz CT molecular complexity index is 1220. The van der Waals surface area contributed by atoms with Crippen molar-refractivity contribution in [2.24, 2.45) is 0 Å². The number of piperazine rings is 1. The standard InChI is InChI=1S/C29H38N6O2/c1-33-12-14-35(15-13-33)29(10-2-3-11-29)21-30-28(36)23-6-9-26-25(20-23)27(32-31-26)22-4-7-24(8-5-22)34-16-18-37-19-17-34/h4-9,20H,2-3,10-19,21H2,1H3,(H,30,36)(H,31,32). The van der Waals surface area contributed by atoms with Gasteiger partial charge in [0.2, 0.25) is 0 Å². The molecule has 2 aliphatic heterocycles. The van der Waals surface area contributed by atoms with Gasteiger partial charge in [-0.3, -0.25) is 14.8 Å². The number of hydrogen-bond donors (Lipinski definition) is 2. The molecule has 3 aliphatic rings. The normalized spacial score (nSPS) is 20.9. The number of nitrogens with zero attached hydrogens (tertiary/aromatic N) is 4. The molecule has 1 amide bonds. The molecule has 6 rings (SSSR count). The zero-order valence-corrected chi connectivity index (χ0v) is 21.8. The summed E-state index contributed by atoms with van der Waals surface area (Å²) in [6, 6.07) is 14.4. The van der Waals surface area contributed by atoms with Crippen molar-refractivity contribution in [3.63, 3.8) is 0 Å². The first-order chi connectivity index (χ1) is 18.1. The third-order valence-corrected chi connectivity index (χ3v) is 8.63. The highest BCUT2D eigenvalue weighted by atomic mass is 16.5. The van der Waals surface area contributed by atoms with Gasteiger partial charge in [-0.1, -0.05) is 25.0 Å². The molecular weight excluding hydrogens is 464 g/mol. The van der Waals surface area contributed by atoms with Gasteiger partial charge in [-0.15, -0.1) is 0 Å². The van der Waals surface area contributed by atoms with E-state index in [1.54, 1.807) is 0 Å². The Labute approximate surface area is 218 Å². The van der Waals surface area contributed by atoms with Gasteiger partial charge < -0.3 is 19.9 Å². The summed E-state index contributed by atoms with van der Waals surface area (Å²) in [5, 5.41) is 12.0. The largest absolute Gasteiger partial charge is 0.378 e. The van der Waals surface area contributed by atoms with Crippen LogP contribution < -0.4 is 10.2 Å². The van der Waals surface area contributed by atoms with Gasteiger partial charge in [0.05, 0.1) is 24.4 Å². The predicted octanol–water partition coefficient (Wildman–Crippen LogP) is 3.36. The van der Waals surface area contributed by atoms with Crippen molar-refractivity contribution in [3.8, 4) is 11.3 Å². The van der Waals surface area contributed by atoms with E-state index in [1.165, 1.54) is 31.4 Å². The van der Waals surface area contributed by atoms with Gasteiger partial charge in [0.1, 0.15) is 0 Å². The summed E-state index contributed by atoms with van der Waals surface area (Å²) in [5.74, 6) is -0.00267. The number of aromatic nitrogens is 2. The number of hydrogen-bond acceptors (Lipinski definition) is 6. The third kappa shape index (κ3) is 4.98. The molecule has 0 atom stereocenters. The van der Waals surface area contributed by atoms with E-state index in [9.17, 15) is 4.79 Å². The molecule has 2 aromatic carbocycles. The number of nitrogens with one attached hydrogen (secondary N) is 2. The molecule has 3 heterocycles.